The van der Waals surface area contributed by atoms with Gasteiger partial charge in [0.25, 0.3) is 0 Å². The predicted octanol–water partition coefficient (Wildman–Crippen LogP) is 2.50. The van der Waals surface area contributed by atoms with Crippen LogP contribution in [0.4, 0.5) is 0 Å². The van der Waals surface area contributed by atoms with Crippen LogP contribution in [0.5, 0.6) is 0 Å². The Morgan fingerprint density at radius 3 is 1.60 bits per heavy atom. The molecule has 0 saturated heterocycles. The van der Waals surface area contributed by atoms with Gasteiger partial charge < -0.3 is 0 Å². The largest absolute Gasteiger partial charge is 0.149 e. The van der Waals surface area contributed by atoms with Crippen molar-refractivity contribution in [1.29, 1.82) is 0 Å². The van der Waals surface area contributed by atoms with Crippen molar-refractivity contribution in [2.45, 2.75) is 13.8 Å². The molecule has 0 aromatic heterocycles. The van der Waals surface area contributed by atoms with Crippen LogP contribution in [0.15, 0.2) is 0 Å². The van der Waals surface area contributed by atoms with E-state index in [0.717, 1.165) is 11.5 Å². The summed E-state index contributed by atoms with van der Waals surface area (Å²) in [6, 6.07) is 0. The Morgan fingerprint density at radius 1 is 0.900 bits per heavy atom. The van der Waals surface area contributed by atoms with E-state index in [0.29, 0.717) is 0 Å². The molecule has 2 heteroatoms. The molecule has 0 aliphatic carbocycles. The summed E-state index contributed by atoms with van der Waals surface area (Å²) in [4.78, 5) is 0. The van der Waals surface area contributed by atoms with Crippen LogP contribution in [-0.2, 0) is 0 Å². The second kappa shape index (κ2) is 9.26. The number of hydrogen-bond donors (Lipinski definition) is 0. The number of rotatable bonds is 4. The first-order valence-corrected chi connectivity index (χ1v) is 5.84. The van der Waals surface area contributed by atoms with Crippen molar-refractivity contribution >= 4 is 23.5 Å². The average Bonchev–Trinajstić information content (AvgIpc) is 1.97. The summed E-state index contributed by atoms with van der Waals surface area (Å²) in [6.45, 7) is 4.32. The third-order valence-corrected chi connectivity index (χ3v) is 2.40. The van der Waals surface area contributed by atoms with Crippen molar-refractivity contribution in [2.24, 2.45) is 0 Å². The summed E-state index contributed by atoms with van der Waals surface area (Å²) < 4.78 is 0. The second-order valence-electron chi connectivity index (χ2n) is 1.63. The van der Waals surface area contributed by atoms with Gasteiger partial charge in [0.1, 0.15) is 0 Å². The molecular formula is C8H14S2. The van der Waals surface area contributed by atoms with E-state index in [1.54, 1.807) is 0 Å². The Morgan fingerprint density at radius 2 is 1.30 bits per heavy atom. The van der Waals surface area contributed by atoms with Gasteiger partial charge in [0.15, 0.2) is 0 Å². The van der Waals surface area contributed by atoms with E-state index in [1.165, 1.54) is 11.5 Å². The van der Waals surface area contributed by atoms with E-state index in [9.17, 15) is 0 Å². The molecule has 10 heavy (non-hydrogen) atoms. The minimum absolute atomic E-state index is 1.00. The lowest BCUT2D eigenvalue weighted by Gasteiger charge is -1.86. The molecular weight excluding hydrogens is 160 g/mol. The molecule has 0 spiro atoms. The molecule has 0 unspecified atom stereocenters. The van der Waals surface area contributed by atoms with Crippen LogP contribution in [0.1, 0.15) is 13.8 Å². The maximum Gasteiger partial charge on any atom is 0.0547 e. The molecule has 0 heterocycles. The summed E-state index contributed by atoms with van der Waals surface area (Å²) in [5.41, 5.74) is 0. The topological polar surface area (TPSA) is 0 Å². The van der Waals surface area contributed by atoms with Gasteiger partial charge in [-0.05, 0) is 11.5 Å². The van der Waals surface area contributed by atoms with E-state index in [2.05, 4.69) is 25.7 Å². The van der Waals surface area contributed by atoms with Gasteiger partial charge in [-0.2, -0.15) is 0 Å². The van der Waals surface area contributed by atoms with Crippen LogP contribution in [0.3, 0.4) is 0 Å². The monoisotopic (exact) mass is 174 g/mol. The molecule has 0 atom stereocenters. The van der Waals surface area contributed by atoms with Gasteiger partial charge in [-0.3, -0.25) is 0 Å². The van der Waals surface area contributed by atoms with E-state index in [4.69, 9.17) is 0 Å². The van der Waals surface area contributed by atoms with Crippen LogP contribution in [0.25, 0.3) is 0 Å². The Kier molecular flexibility index (Phi) is 9.50. The zero-order chi connectivity index (χ0) is 7.66. The normalized spacial score (nSPS) is 8.60. The highest BCUT2D eigenvalue weighted by Crippen LogP contribution is 1.97. The average molecular weight is 174 g/mol. The first-order valence-electron chi connectivity index (χ1n) is 3.53. The van der Waals surface area contributed by atoms with Crippen LogP contribution in [-0.4, -0.2) is 23.0 Å². The molecule has 0 radical (unpaired) electrons. The van der Waals surface area contributed by atoms with Crippen molar-refractivity contribution in [3.8, 4) is 11.8 Å². The standard InChI is InChI=1S/C8H14S2/c1-3-9-7-5-6-8-10-4-2/h3-4,7-8H2,1-2H3. The van der Waals surface area contributed by atoms with Crippen LogP contribution < -0.4 is 0 Å². The molecule has 0 aliphatic rings. The lowest BCUT2D eigenvalue weighted by atomic mass is 10.7. The minimum atomic E-state index is 1.00. The molecule has 0 aromatic rings. The van der Waals surface area contributed by atoms with Gasteiger partial charge in [0, 0.05) is 0 Å². The quantitative estimate of drug-likeness (QED) is 0.474. The Labute approximate surface area is 72.5 Å². The summed E-state index contributed by atoms with van der Waals surface area (Å²) in [5.74, 6) is 10.6. The zero-order valence-electron chi connectivity index (χ0n) is 6.64. The number of thioether (sulfide) groups is 2. The summed E-state index contributed by atoms with van der Waals surface area (Å²) in [6.07, 6.45) is 0. The minimum Gasteiger partial charge on any atom is -0.149 e. The third kappa shape index (κ3) is 8.26. The smallest absolute Gasteiger partial charge is 0.0547 e. The van der Waals surface area contributed by atoms with Gasteiger partial charge in [-0.15, -0.1) is 23.5 Å². The molecule has 0 amide bonds. The van der Waals surface area contributed by atoms with Gasteiger partial charge in [-0.25, -0.2) is 0 Å². The maximum atomic E-state index is 3.11. The molecule has 0 aliphatic heterocycles. The van der Waals surface area contributed by atoms with Crippen molar-refractivity contribution < 1.29 is 0 Å². The predicted molar refractivity (Wildman–Crippen MR) is 53.8 cm³/mol. The molecule has 0 saturated carbocycles. The first kappa shape index (κ1) is 10.3. The van der Waals surface area contributed by atoms with E-state index < -0.39 is 0 Å². The Hall–Kier alpha value is 0.260. The zero-order valence-corrected chi connectivity index (χ0v) is 8.28. The molecule has 0 bridgehead atoms. The van der Waals surface area contributed by atoms with Gasteiger partial charge >= 0.3 is 0 Å². The third-order valence-electron chi connectivity index (χ3n) is 0.882. The van der Waals surface area contributed by atoms with Gasteiger partial charge in [-0.1, -0.05) is 25.7 Å². The molecule has 58 valence electrons. The van der Waals surface area contributed by atoms with E-state index >= 15 is 0 Å². The second-order valence-corrected chi connectivity index (χ2v) is 4.18. The summed E-state index contributed by atoms with van der Waals surface area (Å²) >= 11 is 3.77. The van der Waals surface area contributed by atoms with Crippen molar-refractivity contribution in [3.05, 3.63) is 0 Å². The fraction of sp³-hybridized carbons (Fsp3) is 0.750. The Balaban J connectivity index is 2.98. The molecule has 0 aromatic carbocycles. The lowest BCUT2D eigenvalue weighted by Crippen LogP contribution is -1.75. The fourth-order valence-corrected chi connectivity index (χ4v) is 1.22. The summed E-state index contributed by atoms with van der Waals surface area (Å²) in [5, 5.41) is 0. The molecule has 0 N–H and O–H groups in total. The maximum absolute atomic E-state index is 3.11. The van der Waals surface area contributed by atoms with Crippen molar-refractivity contribution in [3.63, 3.8) is 0 Å². The van der Waals surface area contributed by atoms with Crippen molar-refractivity contribution in [1.82, 2.24) is 0 Å². The van der Waals surface area contributed by atoms with E-state index in [-0.39, 0.29) is 0 Å². The van der Waals surface area contributed by atoms with Gasteiger partial charge in [0.2, 0.25) is 0 Å². The molecule has 0 fully saturated rings. The first-order chi connectivity index (χ1) is 4.91. The number of hydrogen-bond acceptors (Lipinski definition) is 2. The fourth-order valence-electron chi connectivity index (χ4n) is 0.408. The SMILES string of the molecule is CCSCC#CCSCC. The van der Waals surface area contributed by atoms with E-state index in [1.807, 2.05) is 23.5 Å². The highest BCUT2D eigenvalue weighted by molar-refractivity contribution is 7.99. The summed E-state index contributed by atoms with van der Waals surface area (Å²) in [7, 11) is 0. The van der Waals surface area contributed by atoms with Crippen LogP contribution >= 0.6 is 23.5 Å². The lowest BCUT2D eigenvalue weighted by molar-refractivity contribution is 1.52. The van der Waals surface area contributed by atoms with Crippen LogP contribution in [0.2, 0.25) is 0 Å². The van der Waals surface area contributed by atoms with Crippen molar-refractivity contribution in [2.75, 3.05) is 23.0 Å². The highest BCUT2D eigenvalue weighted by Gasteiger charge is 1.77. The molecule has 0 nitrogen and oxygen atoms in total. The Bertz CT molecular complexity index is 98.2. The van der Waals surface area contributed by atoms with Gasteiger partial charge in [0.05, 0.1) is 11.5 Å². The highest BCUT2D eigenvalue weighted by atomic mass is 32.2. The molecule has 0 rings (SSSR count). The van der Waals surface area contributed by atoms with Crippen LogP contribution in [0, 0.1) is 11.8 Å².